The molecule has 4 nitrogen and oxygen atoms in total. The summed E-state index contributed by atoms with van der Waals surface area (Å²) in [6.07, 6.45) is 7.46. The van der Waals surface area contributed by atoms with Gasteiger partial charge in [-0.15, -0.1) is 0 Å². The van der Waals surface area contributed by atoms with Gasteiger partial charge < -0.3 is 9.64 Å². The van der Waals surface area contributed by atoms with E-state index in [9.17, 15) is 9.59 Å². The molecule has 3 aromatic rings. The summed E-state index contributed by atoms with van der Waals surface area (Å²) in [5.41, 5.74) is 8.07. The lowest BCUT2D eigenvalue weighted by Crippen LogP contribution is -2.08. The van der Waals surface area contributed by atoms with Crippen molar-refractivity contribution in [2.24, 2.45) is 0 Å². The molecule has 184 valence electrons. The van der Waals surface area contributed by atoms with E-state index in [0.29, 0.717) is 28.2 Å². The lowest BCUT2D eigenvalue weighted by Gasteiger charge is -2.21. The van der Waals surface area contributed by atoms with Crippen LogP contribution in [0, 0.1) is 20.8 Å². The Bertz CT molecular complexity index is 1500. The number of hydrogen-bond acceptors (Lipinski definition) is 4. The second-order valence-corrected chi connectivity index (χ2v) is 9.78. The second kappa shape index (κ2) is 9.55. The fourth-order valence-corrected chi connectivity index (χ4v) is 5.02. The van der Waals surface area contributed by atoms with Gasteiger partial charge in [0.15, 0.2) is 11.6 Å². The molecule has 0 N–H and O–H groups in total. The number of Topliss-reactive ketones (excluding diaryl/α,β-unsaturated/α-hetero) is 2. The van der Waals surface area contributed by atoms with Crippen LogP contribution in [0.4, 0.5) is 5.69 Å². The first-order chi connectivity index (χ1) is 17.7. The number of carbonyl (C=O) groups is 2. The van der Waals surface area contributed by atoms with Crippen LogP contribution >= 0.6 is 0 Å². The zero-order chi connectivity index (χ0) is 26.3. The van der Waals surface area contributed by atoms with Crippen LogP contribution in [0.2, 0.25) is 0 Å². The van der Waals surface area contributed by atoms with Crippen molar-refractivity contribution in [1.29, 1.82) is 0 Å². The summed E-state index contributed by atoms with van der Waals surface area (Å²) in [7, 11) is 4.01. The van der Waals surface area contributed by atoms with Gasteiger partial charge in [-0.05, 0) is 73.4 Å². The van der Waals surface area contributed by atoms with Crippen molar-refractivity contribution in [3.05, 3.63) is 135 Å². The predicted octanol–water partition coefficient (Wildman–Crippen LogP) is 7.02. The number of ether oxygens (including phenoxy) is 1. The predicted molar refractivity (Wildman–Crippen MR) is 150 cm³/mol. The van der Waals surface area contributed by atoms with Gasteiger partial charge in [0.25, 0.3) is 0 Å². The fraction of sp³-hybridized carbons (Fsp3) is 0.152. The van der Waals surface area contributed by atoms with Gasteiger partial charge in [0.1, 0.15) is 11.5 Å². The molecule has 0 fully saturated rings. The molecule has 0 radical (unpaired) electrons. The number of rotatable bonds is 4. The summed E-state index contributed by atoms with van der Waals surface area (Å²) in [4.78, 5) is 28.7. The lowest BCUT2D eigenvalue weighted by atomic mass is 9.94. The highest BCUT2D eigenvalue weighted by Gasteiger charge is 2.35. The molecule has 4 heteroatoms. The average Bonchev–Trinajstić information content (AvgIpc) is 3.12. The Morgan fingerprint density at radius 2 is 1.35 bits per heavy atom. The van der Waals surface area contributed by atoms with E-state index >= 15 is 0 Å². The number of benzene rings is 3. The van der Waals surface area contributed by atoms with Gasteiger partial charge in [-0.25, -0.2) is 0 Å². The van der Waals surface area contributed by atoms with Crippen molar-refractivity contribution in [2.75, 3.05) is 19.0 Å². The molecule has 1 aliphatic carbocycles. The number of allylic oxidation sites excluding steroid dienone is 5. The Balaban J connectivity index is 1.61. The molecule has 37 heavy (non-hydrogen) atoms. The standard InChI is InChI=1S/C33H29NO3/c1-20-16-21(2)30(22(3)17-20)29-19-24(31-32(35)27-8-6-7-9-28(27)33(31)36)18-26(37-29)15-12-23-10-13-25(14-11-23)34(4)5/h6-19H,1-5H3/b15-12+. The van der Waals surface area contributed by atoms with E-state index in [1.165, 1.54) is 5.56 Å². The van der Waals surface area contributed by atoms with Gasteiger partial charge in [0, 0.05) is 36.5 Å². The summed E-state index contributed by atoms with van der Waals surface area (Å²) in [5.74, 6) is 0.695. The maximum atomic E-state index is 13.3. The summed E-state index contributed by atoms with van der Waals surface area (Å²) >= 11 is 0. The molecule has 0 saturated heterocycles. The minimum absolute atomic E-state index is 0.186. The first-order valence-electron chi connectivity index (χ1n) is 12.3. The van der Waals surface area contributed by atoms with E-state index in [2.05, 4.69) is 36.1 Å². The average molecular weight is 488 g/mol. The Morgan fingerprint density at radius 1 is 0.757 bits per heavy atom. The Morgan fingerprint density at radius 3 is 1.92 bits per heavy atom. The van der Waals surface area contributed by atoms with E-state index in [1.54, 1.807) is 30.3 Å². The maximum absolute atomic E-state index is 13.3. The van der Waals surface area contributed by atoms with Crippen molar-refractivity contribution in [1.82, 2.24) is 0 Å². The highest BCUT2D eigenvalue weighted by molar-refractivity contribution is 6.40. The van der Waals surface area contributed by atoms with Crippen LogP contribution in [0.5, 0.6) is 0 Å². The molecule has 0 aromatic heterocycles. The molecule has 5 rings (SSSR count). The number of anilines is 1. The third kappa shape index (κ3) is 4.58. The molecule has 0 amide bonds. The van der Waals surface area contributed by atoms with Crippen molar-refractivity contribution >= 4 is 29.1 Å². The highest BCUT2D eigenvalue weighted by atomic mass is 16.5. The number of carbonyl (C=O) groups excluding carboxylic acids is 2. The SMILES string of the molecule is Cc1cc(C)c(C2=CC(=C3C(=O)c4ccccc4C3=O)C=C(/C=C/c3ccc(N(C)C)cc3)O2)c(C)c1. The van der Waals surface area contributed by atoms with Crippen molar-refractivity contribution in [3.8, 4) is 0 Å². The van der Waals surface area contributed by atoms with Gasteiger partial charge in [-0.1, -0.05) is 60.2 Å². The molecule has 0 unspecified atom stereocenters. The zero-order valence-corrected chi connectivity index (χ0v) is 21.8. The Kier molecular flexibility index (Phi) is 6.26. The second-order valence-electron chi connectivity index (χ2n) is 9.78. The molecule has 0 saturated carbocycles. The molecular weight excluding hydrogens is 458 g/mol. The first-order valence-corrected chi connectivity index (χ1v) is 12.3. The normalized spacial score (nSPS) is 15.1. The number of fused-ring (bicyclic) bond motifs is 1. The molecule has 2 aliphatic rings. The highest BCUT2D eigenvalue weighted by Crippen LogP contribution is 2.36. The quantitative estimate of drug-likeness (QED) is 0.293. The monoisotopic (exact) mass is 487 g/mol. The van der Waals surface area contributed by atoms with E-state index in [4.69, 9.17) is 4.74 Å². The first kappa shape index (κ1) is 24.3. The van der Waals surface area contributed by atoms with E-state index in [1.807, 2.05) is 58.3 Å². The maximum Gasteiger partial charge on any atom is 0.198 e. The Hall–Kier alpha value is -4.44. The third-order valence-electron chi connectivity index (χ3n) is 6.74. The summed E-state index contributed by atoms with van der Waals surface area (Å²) < 4.78 is 6.37. The van der Waals surface area contributed by atoms with Crippen molar-refractivity contribution < 1.29 is 14.3 Å². The summed E-state index contributed by atoms with van der Waals surface area (Å²) in [5, 5.41) is 0. The van der Waals surface area contributed by atoms with Gasteiger partial charge in [0.05, 0.1) is 5.57 Å². The minimum atomic E-state index is -0.246. The Labute approximate surface area is 217 Å². The fourth-order valence-electron chi connectivity index (χ4n) is 5.02. The van der Waals surface area contributed by atoms with E-state index < -0.39 is 0 Å². The van der Waals surface area contributed by atoms with Crippen LogP contribution in [0.3, 0.4) is 0 Å². The number of ketones is 2. The van der Waals surface area contributed by atoms with Gasteiger partial charge in [-0.2, -0.15) is 0 Å². The van der Waals surface area contributed by atoms with Gasteiger partial charge in [0.2, 0.25) is 0 Å². The van der Waals surface area contributed by atoms with Crippen LogP contribution in [-0.4, -0.2) is 25.7 Å². The molecule has 1 heterocycles. The van der Waals surface area contributed by atoms with Crippen LogP contribution in [0.15, 0.2) is 95.8 Å². The zero-order valence-electron chi connectivity index (χ0n) is 21.8. The van der Waals surface area contributed by atoms with Crippen LogP contribution in [-0.2, 0) is 4.74 Å². The number of aryl methyl sites for hydroxylation is 3. The largest absolute Gasteiger partial charge is 0.457 e. The van der Waals surface area contributed by atoms with Crippen LogP contribution < -0.4 is 4.90 Å². The molecule has 1 aliphatic heterocycles. The number of hydrogen-bond donors (Lipinski definition) is 0. The van der Waals surface area contributed by atoms with E-state index in [-0.39, 0.29) is 17.1 Å². The molecule has 0 atom stereocenters. The molecule has 0 spiro atoms. The third-order valence-corrected chi connectivity index (χ3v) is 6.74. The molecule has 0 bridgehead atoms. The topological polar surface area (TPSA) is 46.6 Å². The van der Waals surface area contributed by atoms with Gasteiger partial charge >= 0.3 is 0 Å². The molecular formula is C33H29NO3. The smallest absolute Gasteiger partial charge is 0.198 e. The van der Waals surface area contributed by atoms with Crippen molar-refractivity contribution in [3.63, 3.8) is 0 Å². The lowest BCUT2D eigenvalue weighted by molar-refractivity contribution is 0.0988. The van der Waals surface area contributed by atoms with Crippen LogP contribution in [0.25, 0.3) is 11.8 Å². The van der Waals surface area contributed by atoms with Crippen LogP contribution in [0.1, 0.15) is 48.5 Å². The summed E-state index contributed by atoms with van der Waals surface area (Å²) in [6, 6.07) is 19.4. The number of nitrogens with zero attached hydrogens (tertiary/aromatic N) is 1. The molecule has 3 aromatic carbocycles. The van der Waals surface area contributed by atoms with E-state index in [0.717, 1.165) is 27.9 Å². The van der Waals surface area contributed by atoms with Crippen molar-refractivity contribution in [2.45, 2.75) is 20.8 Å². The minimum Gasteiger partial charge on any atom is -0.457 e. The summed E-state index contributed by atoms with van der Waals surface area (Å²) in [6.45, 7) is 6.17. The van der Waals surface area contributed by atoms with Gasteiger partial charge in [-0.3, -0.25) is 9.59 Å².